The zero-order chi connectivity index (χ0) is 11.1. The van der Waals surface area contributed by atoms with E-state index >= 15 is 0 Å². The first-order valence-corrected chi connectivity index (χ1v) is 6.28. The molecule has 3 unspecified atom stereocenters. The van der Waals surface area contributed by atoms with Crippen molar-refractivity contribution in [2.45, 2.75) is 38.6 Å². The van der Waals surface area contributed by atoms with Crippen LogP contribution in [0.4, 0.5) is 5.69 Å². The number of phenols is 1. The Morgan fingerprint density at radius 1 is 1.25 bits per heavy atom. The molecule has 2 fully saturated rings. The molecule has 0 heterocycles. The number of hydrogen-bond donors (Lipinski definition) is 2. The van der Waals surface area contributed by atoms with Gasteiger partial charge in [-0.05, 0) is 49.7 Å². The van der Waals surface area contributed by atoms with E-state index in [1.165, 1.54) is 25.7 Å². The minimum atomic E-state index is 0.396. The van der Waals surface area contributed by atoms with Gasteiger partial charge in [-0.25, -0.2) is 0 Å². The quantitative estimate of drug-likeness (QED) is 0.796. The molecular formula is C14H19NO. The number of anilines is 1. The van der Waals surface area contributed by atoms with Crippen LogP contribution in [0, 0.1) is 18.8 Å². The maximum absolute atomic E-state index is 9.67. The van der Waals surface area contributed by atoms with Crippen molar-refractivity contribution in [2.24, 2.45) is 11.8 Å². The molecule has 3 rings (SSSR count). The van der Waals surface area contributed by atoms with E-state index in [0.29, 0.717) is 11.8 Å². The van der Waals surface area contributed by atoms with Gasteiger partial charge in [-0.3, -0.25) is 0 Å². The van der Waals surface area contributed by atoms with E-state index in [-0.39, 0.29) is 0 Å². The number of aryl methyl sites for hydroxylation is 1. The van der Waals surface area contributed by atoms with Crippen LogP contribution in [0.2, 0.25) is 0 Å². The molecule has 0 aliphatic heterocycles. The van der Waals surface area contributed by atoms with Gasteiger partial charge in [0.2, 0.25) is 0 Å². The second-order valence-corrected chi connectivity index (χ2v) is 5.43. The Morgan fingerprint density at radius 2 is 2.12 bits per heavy atom. The fraction of sp³-hybridized carbons (Fsp3) is 0.571. The molecule has 0 spiro atoms. The van der Waals surface area contributed by atoms with Crippen molar-refractivity contribution < 1.29 is 5.11 Å². The van der Waals surface area contributed by atoms with E-state index in [1.807, 2.05) is 19.1 Å². The van der Waals surface area contributed by atoms with Gasteiger partial charge >= 0.3 is 0 Å². The predicted octanol–water partition coefficient (Wildman–Crippen LogP) is 3.30. The standard InChI is InChI=1S/C14H19NO/c1-9-2-5-12(8-14(9)16)15-13-7-10-3-4-11(13)6-10/h2,5,8,10-11,13,15-16H,3-4,6-7H2,1H3. The summed E-state index contributed by atoms with van der Waals surface area (Å²) in [6, 6.07) is 6.54. The number of aromatic hydroxyl groups is 1. The summed E-state index contributed by atoms with van der Waals surface area (Å²) < 4.78 is 0. The van der Waals surface area contributed by atoms with E-state index < -0.39 is 0 Å². The Bertz CT molecular complexity index is 402. The first-order valence-electron chi connectivity index (χ1n) is 6.28. The summed E-state index contributed by atoms with van der Waals surface area (Å²) in [6.45, 7) is 1.93. The van der Waals surface area contributed by atoms with Crippen LogP contribution in [0.25, 0.3) is 0 Å². The average molecular weight is 217 g/mol. The van der Waals surface area contributed by atoms with Gasteiger partial charge in [0.1, 0.15) is 5.75 Å². The molecule has 3 atom stereocenters. The molecular weight excluding hydrogens is 198 g/mol. The molecule has 0 aromatic heterocycles. The summed E-state index contributed by atoms with van der Waals surface area (Å²) in [4.78, 5) is 0. The van der Waals surface area contributed by atoms with E-state index in [0.717, 1.165) is 23.1 Å². The Balaban J connectivity index is 1.72. The molecule has 1 aromatic carbocycles. The van der Waals surface area contributed by atoms with Crippen molar-refractivity contribution in [3.63, 3.8) is 0 Å². The van der Waals surface area contributed by atoms with Crippen molar-refractivity contribution in [3.8, 4) is 5.75 Å². The van der Waals surface area contributed by atoms with Crippen molar-refractivity contribution in [2.75, 3.05) is 5.32 Å². The molecule has 0 saturated heterocycles. The van der Waals surface area contributed by atoms with Gasteiger partial charge in [0.25, 0.3) is 0 Å². The average Bonchev–Trinajstić information content (AvgIpc) is 2.85. The molecule has 2 heteroatoms. The molecule has 0 radical (unpaired) electrons. The van der Waals surface area contributed by atoms with Gasteiger partial charge in [0.15, 0.2) is 0 Å². The third kappa shape index (κ3) is 1.66. The number of rotatable bonds is 2. The fourth-order valence-corrected chi connectivity index (χ4v) is 3.33. The van der Waals surface area contributed by atoms with E-state index in [2.05, 4.69) is 11.4 Å². The Kier molecular flexibility index (Phi) is 2.31. The van der Waals surface area contributed by atoms with Crippen LogP contribution >= 0.6 is 0 Å². The van der Waals surface area contributed by atoms with E-state index in [1.54, 1.807) is 0 Å². The maximum Gasteiger partial charge on any atom is 0.120 e. The third-order valence-electron chi connectivity index (χ3n) is 4.30. The van der Waals surface area contributed by atoms with Gasteiger partial charge in [0, 0.05) is 17.8 Å². The van der Waals surface area contributed by atoms with Crippen molar-refractivity contribution in [3.05, 3.63) is 23.8 Å². The summed E-state index contributed by atoms with van der Waals surface area (Å²) in [5.74, 6) is 2.23. The lowest BCUT2D eigenvalue weighted by molar-refractivity contribution is 0.439. The highest BCUT2D eigenvalue weighted by molar-refractivity contribution is 5.51. The highest BCUT2D eigenvalue weighted by Crippen LogP contribution is 2.45. The highest BCUT2D eigenvalue weighted by atomic mass is 16.3. The number of hydrogen-bond acceptors (Lipinski definition) is 2. The number of benzene rings is 1. The topological polar surface area (TPSA) is 32.3 Å². The SMILES string of the molecule is Cc1ccc(NC2CC3CCC2C3)cc1O. The van der Waals surface area contributed by atoms with Crippen molar-refractivity contribution >= 4 is 5.69 Å². The van der Waals surface area contributed by atoms with E-state index in [4.69, 9.17) is 0 Å². The minimum Gasteiger partial charge on any atom is -0.508 e. The summed E-state index contributed by atoms with van der Waals surface area (Å²) in [6.07, 6.45) is 5.55. The van der Waals surface area contributed by atoms with Crippen LogP contribution in [-0.2, 0) is 0 Å². The van der Waals surface area contributed by atoms with Crippen molar-refractivity contribution in [1.82, 2.24) is 0 Å². The van der Waals surface area contributed by atoms with Crippen LogP contribution in [0.15, 0.2) is 18.2 Å². The minimum absolute atomic E-state index is 0.396. The molecule has 2 nitrogen and oxygen atoms in total. The lowest BCUT2D eigenvalue weighted by atomic mass is 9.95. The van der Waals surface area contributed by atoms with Gasteiger partial charge in [-0.15, -0.1) is 0 Å². The Labute approximate surface area is 96.7 Å². The summed E-state index contributed by atoms with van der Waals surface area (Å²) in [5.41, 5.74) is 2.01. The van der Waals surface area contributed by atoms with Crippen LogP contribution in [0.1, 0.15) is 31.2 Å². The molecule has 2 aliphatic rings. The summed E-state index contributed by atoms with van der Waals surface area (Å²) >= 11 is 0. The van der Waals surface area contributed by atoms with Gasteiger partial charge in [-0.1, -0.05) is 12.5 Å². The monoisotopic (exact) mass is 217 g/mol. The summed E-state index contributed by atoms with van der Waals surface area (Å²) in [7, 11) is 0. The lowest BCUT2D eigenvalue weighted by Crippen LogP contribution is -2.25. The zero-order valence-electron chi connectivity index (χ0n) is 9.74. The number of fused-ring (bicyclic) bond motifs is 2. The third-order valence-corrected chi connectivity index (χ3v) is 4.30. The molecule has 2 aliphatic carbocycles. The Morgan fingerprint density at radius 3 is 2.75 bits per heavy atom. The molecule has 1 aromatic rings. The lowest BCUT2D eigenvalue weighted by Gasteiger charge is -2.24. The largest absolute Gasteiger partial charge is 0.508 e. The molecule has 86 valence electrons. The van der Waals surface area contributed by atoms with Crippen LogP contribution in [0.3, 0.4) is 0 Å². The molecule has 0 amide bonds. The van der Waals surface area contributed by atoms with Crippen molar-refractivity contribution in [1.29, 1.82) is 0 Å². The second kappa shape index (κ2) is 3.69. The Hall–Kier alpha value is -1.18. The zero-order valence-corrected chi connectivity index (χ0v) is 9.74. The molecule has 2 bridgehead atoms. The molecule has 16 heavy (non-hydrogen) atoms. The molecule has 2 saturated carbocycles. The first kappa shape index (κ1) is 10.0. The van der Waals surface area contributed by atoms with Crippen LogP contribution < -0.4 is 5.32 Å². The van der Waals surface area contributed by atoms with Gasteiger partial charge in [-0.2, -0.15) is 0 Å². The van der Waals surface area contributed by atoms with Crippen LogP contribution in [0.5, 0.6) is 5.75 Å². The van der Waals surface area contributed by atoms with E-state index in [9.17, 15) is 5.11 Å². The predicted molar refractivity (Wildman–Crippen MR) is 65.7 cm³/mol. The smallest absolute Gasteiger partial charge is 0.120 e. The van der Waals surface area contributed by atoms with Gasteiger partial charge < -0.3 is 10.4 Å². The maximum atomic E-state index is 9.67. The summed E-state index contributed by atoms with van der Waals surface area (Å²) in [5, 5.41) is 13.2. The second-order valence-electron chi connectivity index (χ2n) is 5.43. The number of phenolic OH excluding ortho intramolecular Hbond substituents is 1. The first-order chi connectivity index (χ1) is 7.72. The highest BCUT2D eigenvalue weighted by Gasteiger charge is 2.39. The van der Waals surface area contributed by atoms with Crippen LogP contribution in [-0.4, -0.2) is 11.1 Å². The number of nitrogens with one attached hydrogen (secondary N) is 1. The van der Waals surface area contributed by atoms with Gasteiger partial charge in [0.05, 0.1) is 0 Å². The normalized spacial score (nSPS) is 31.9. The molecule has 2 N–H and O–H groups in total. The fourth-order valence-electron chi connectivity index (χ4n) is 3.33.